The molecule has 0 atom stereocenters. The number of fused-ring (bicyclic) bond motifs is 1. The maximum absolute atomic E-state index is 10.7. The van der Waals surface area contributed by atoms with E-state index in [1.165, 1.54) is 24.3 Å². The molecule has 0 aliphatic carbocycles. The molecule has 2 aromatic rings. The number of rotatable bonds is 3. The molecule has 2 rings (SSSR count). The topological polar surface area (TPSA) is 127 Å². The number of aromatic carboxylic acids is 2. The Morgan fingerprint density at radius 1 is 0.955 bits per heavy atom. The van der Waals surface area contributed by atoms with Crippen molar-refractivity contribution in [1.82, 2.24) is 0 Å². The van der Waals surface area contributed by atoms with Crippen molar-refractivity contribution in [2.75, 3.05) is 6.61 Å². The van der Waals surface area contributed by atoms with Crippen molar-refractivity contribution in [3.05, 3.63) is 47.5 Å². The fraction of sp³-hybridized carbons (Fsp3) is 0.133. The predicted octanol–water partition coefficient (Wildman–Crippen LogP) is 2.34. The Labute approximate surface area is 125 Å². The Balaban J connectivity index is 0.000000346. The molecule has 0 heterocycles. The summed E-state index contributed by atoms with van der Waals surface area (Å²) in [7, 11) is 0. The molecule has 0 fully saturated rings. The molecule has 0 aliphatic rings. The first kappa shape index (κ1) is 17.0. The van der Waals surface area contributed by atoms with Crippen molar-refractivity contribution in [2.24, 2.45) is 5.73 Å². The fourth-order valence-electron chi connectivity index (χ4n) is 1.65. The molecule has 116 valence electrons. The molecule has 4 N–H and O–H groups in total. The van der Waals surface area contributed by atoms with Gasteiger partial charge in [0, 0.05) is 0 Å². The second-order valence-electron chi connectivity index (χ2n) is 4.14. The second kappa shape index (κ2) is 7.63. The summed E-state index contributed by atoms with van der Waals surface area (Å²) in [5.41, 5.74) is 4.92. The van der Waals surface area contributed by atoms with Crippen LogP contribution in [0.25, 0.3) is 10.8 Å². The molecule has 7 nitrogen and oxygen atoms in total. The summed E-state index contributed by atoms with van der Waals surface area (Å²) in [6.45, 7) is 2.06. The van der Waals surface area contributed by atoms with Gasteiger partial charge in [-0.15, -0.1) is 0 Å². The van der Waals surface area contributed by atoms with E-state index >= 15 is 0 Å². The second-order valence-corrected chi connectivity index (χ2v) is 4.14. The number of amides is 1. The summed E-state index contributed by atoms with van der Waals surface area (Å²) in [5, 5.41) is 19.0. The highest BCUT2D eigenvalue weighted by atomic mass is 16.5. The van der Waals surface area contributed by atoms with E-state index in [9.17, 15) is 14.4 Å². The van der Waals surface area contributed by atoms with E-state index in [1.807, 2.05) is 0 Å². The summed E-state index contributed by atoms with van der Waals surface area (Å²) in [6, 6.07) is 9.15. The molecule has 0 radical (unpaired) electrons. The number of hydrogen-bond acceptors (Lipinski definition) is 4. The predicted molar refractivity (Wildman–Crippen MR) is 79.1 cm³/mol. The van der Waals surface area contributed by atoms with E-state index in [0.29, 0.717) is 17.4 Å². The lowest BCUT2D eigenvalue weighted by atomic mass is 10.0. The van der Waals surface area contributed by atoms with E-state index in [4.69, 9.17) is 10.2 Å². The SMILES string of the molecule is CCOC(N)=O.O=C(O)c1ccc2cc(C(=O)O)ccc2c1. The molecule has 0 unspecified atom stereocenters. The molecule has 0 bridgehead atoms. The van der Waals surface area contributed by atoms with Gasteiger partial charge in [-0.3, -0.25) is 0 Å². The number of carbonyl (C=O) groups is 3. The molecule has 0 saturated carbocycles. The third kappa shape index (κ3) is 4.78. The summed E-state index contributed by atoms with van der Waals surface area (Å²) in [5.74, 6) is -1.99. The fourth-order valence-corrected chi connectivity index (χ4v) is 1.65. The van der Waals surface area contributed by atoms with Gasteiger partial charge in [0.25, 0.3) is 0 Å². The Bertz CT molecular complexity index is 657. The van der Waals surface area contributed by atoms with Crippen LogP contribution < -0.4 is 5.73 Å². The van der Waals surface area contributed by atoms with Gasteiger partial charge >= 0.3 is 18.0 Å². The van der Waals surface area contributed by atoms with Crippen LogP contribution >= 0.6 is 0 Å². The Morgan fingerprint density at radius 2 is 1.36 bits per heavy atom. The van der Waals surface area contributed by atoms with Gasteiger partial charge in [0.1, 0.15) is 0 Å². The van der Waals surface area contributed by atoms with Crippen molar-refractivity contribution in [2.45, 2.75) is 6.92 Å². The molecule has 0 saturated heterocycles. The number of ether oxygens (including phenoxy) is 1. The van der Waals surface area contributed by atoms with Crippen LogP contribution in [0.3, 0.4) is 0 Å². The van der Waals surface area contributed by atoms with Crippen LogP contribution in [0.5, 0.6) is 0 Å². The number of primary amides is 1. The number of carbonyl (C=O) groups excluding carboxylic acids is 1. The van der Waals surface area contributed by atoms with Gasteiger partial charge in [-0.2, -0.15) is 0 Å². The molecule has 7 heteroatoms. The average molecular weight is 305 g/mol. The van der Waals surface area contributed by atoms with Gasteiger partial charge < -0.3 is 20.7 Å². The highest BCUT2D eigenvalue weighted by molar-refractivity contribution is 5.97. The smallest absolute Gasteiger partial charge is 0.404 e. The van der Waals surface area contributed by atoms with Crippen LogP contribution in [0.1, 0.15) is 27.6 Å². The summed E-state index contributed by atoms with van der Waals surface area (Å²) in [6.07, 6.45) is -0.711. The first-order valence-corrected chi connectivity index (χ1v) is 6.27. The lowest BCUT2D eigenvalue weighted by Crippen LogP contribution is -2.11. The van der Waals surface area contributed by atoms with Crippen LogP contribution in [-0.2, 0) is 4.74 Å². The molecule has 22 heavy (non-hydrogen) atoms. The Morgan fingerprint density at radius 3 is 1.59 bits per heavy atom. The van der Waals surface area contributed by atoms with Crippen molar-refractivity contribution >= 4 is 28.8 Å². The lowest BCUT2D eigenvalue weighted by molar-refractivity contribution is 0.0686. The first-order valence-electron chi connectivity index (χ1n) is 6.27. The van der Waals surface area contributed by atoms with E-state index in [-0.39, 0.29) is 11.1 Å². The van der Waals surface area contributed by atoms with Gasteiger partial charge in [-0.25, -0.2) is 14.4 Å². The maximum Gasteiger partial charge on any atom is 0.404 e. The highest BCUT2D eigenvalue weighted by Gasteiger charge is 2.06. The maximum atomic E-state index is 10.7. The van der Waals surface area contributed by atoms with Gasteiger partial charge in [0.15, 0.2) is 0 Å². The van der Waals surface area contributed by atoms with E-state index in [0.717, 1.165) is 0 Å². The number of benzene rings is 2. The number of carboxylic acid groups (broad SMARTS) is 2. The number of nitrogens with two attached hydrogens (primary N) is 1. The third-order valence-electron chi connectivity index (χ3n) is 2.62. The van der Waals surface area contributed by atoms with Gasteiger partial charge in [-0.05, 0) is 42.0 Å². The minimum absolute atomic E-state index is 0.190. The first-order chi connectivity index (χ1) is 10.3. The normalized spacial score (nSPS) is 9.50. The van der Waals surface area contributed by atoms with Crippen LogP contribution in [0, 0.1) is 0 Å². The van der Waals surface area contributed by atoms with Gasteiger partial charge in [0.2, 0.25) is 0 Å². The highest BCUT2D eigenvalue weighted by Crippen LogP contribution is 2.18. The molecule has 2 aromatic carbocycles. The molecule has 0 spiro atoms. The van der Waals surface area contributed by atoms with Gasteiger partial charge in [0.05, 0.1) is 17.7 Å². The largest absolute Gasteiger partial charge is 0.478 e. The molecule has 0 aliphatic heterocycles. The van der Waals surface area contributed by atoms with Crippen molar-refractivity contribution < 1.29 is 29.3 Å². The summed E-state index contributed by atoms with van der Waals surface area (Å²) >= 11 is 0. The zero-order valence-electron chi connectivity index (χ0n) is 11.8. The van der Waals surface area contributed by atoms with Crippen LogP contribution in [0.15, 0.2) is 36.4 Å². The van der Waals surface area contributed by atoms with Crippen molar-refractivity contribution in [1.29, 1.82) is 0 Å². The Kier molecular flexibility index (Phi) is 5.88. The monoisotopic (exact) mass is 305 g/mol. The zero-order chi connectivity index (χ0) is 16.7. The minimum Gasteiger partial charge on any atom is -0.478 e. The quantitative estimate of drug-likeness (QED) is 0.798. The molecule has 1 amide bonds. The standard InChI is InChI=1S/C12H8O4.C3H7NO2/c13-11(14)9-3-1-7-5-10(12(15)16)4-2-8(7)6-9;1-2-6-3(4)5/h1-6H,(H,13,14)(H,15,16);2H2,1H3,(H2,4,5). The van der Waals surface area contributed by atoms with Gasteiger partial charge in [-0.1, -0.05) is 12.1 Å². The number of carboxylic acids is 2. The van der Waals surface area contributed by atoms with Crippen LogP contribution in [0.2, 0.25) is 0 Å². The molecular formula is C15H15NO6. The minimum atomic E-state index is -0.996. The van der Waals surface area contributed by atoms with E-state index in [1.54, 1.807) is 19.1 Å². The average Bonchev–Trinajstić information content (AvgIpc) is 2.46. The van der Waals surface area contributed by atoms with Crippen molar-refractivity contribution in [3.8, 4) is 0 Å². The van der Waals surface area contributed by atoms with Crippen molar-refractivity contribution in [3.63, 3.8) is 0 Å². The van der Waals surface area contributed by atoms with Crippen LogP contribution in [0.4, 0.5) is 4.79 Å². The third-order valence-corrected chi connectivity index (χ3v) is 2.62. The number of hydrogen-bond donors (Lipinski definition) is 3. The van der Waals surface area contributed by atoms with Crippen LogP contribution in [-0.4, -0.2) is 34.9 Å². The van der Waals surface area contributed by atoms with E-state index in [2.05, 4.69) is 10.5 Å². The summed E-state index contributed by atoms with van der Waals surface area (Å²) < 4.78 is 4.18. The Hall–Kier alpha value is -3.09. The molecular weight excluding hydrogens is 290 g/mol. The lowest BCUT2D eigenvalue weighted by Gasteiger charge is -2.01. The zero-order valence-corrected chi connectivity index (χ0v) is 11.8. The summed E-state index contributed by atoms with van der Waals surface area (Å²) in [4.78, 5) is 31.1. The van der Waals surface area contributed by atoms with E-state index < -0.39 is 18.0 Å². The molecule has 0 aromatic heterocycles.